The number of carbonyl (C=O) groups excluding carboxylic acids is 2. The van der Waals surface area contributed by atoms with Gasteiger partial charge in [0.2, 0.25) is 21.8 Å². The van der Waals surface area contributed by atoms with Gasteiger partial charge in [-0.15, -0.1) is 0 Å². The second-order valence-electron chi connectivity index (χ2n) is 8.78. The zero-order chi connectivity index (χ0) is 21.3. The maximum absolute atomic E-state index is 13.2. The average Bonchev–Trinajstić information content (AvgIpc) is 3.23. The molecule has 4 rings (SSSR count). The van der Waals surface area contributed by atoms with Gasteiger partial charge in [-0.1, -0.05) is 19.3 Å². The van der Waals surface area contributed by atoms with Crippen LogP contribution in [0.5, 0.6) is 0 Å². The normalized spacial score (nSPS) is 23.4. The number of fused-ring (bicyclic) bond motifs is 1. The molecule has 1 atom stereocenters. The summed E-state index contributed by atoms with van der Waals surface area (Å²) >= 11 is 0. The number of aryl methyl sites for hydroxylation is 1. The van der Waals surface area contributed by atoms with Crippen molar-refractivity contribution in [2.75, 3.05) is 18.0 Å². The van der Waals surface area contributed by atoms with Gasteiger partial charge in [0.25, 0.3) is 0 Å². The lowest BCUT2D eigenvalue weighted by molar-refractivity contribution is -0.124. The predicted octanol–water partition coefficient (Wildman–Crippen LogP) is 2.59. The van der Waals surface area contributed by atoms with Crippen LogP contribution in [0.3, 0.4) is 0 Å². The summed E-state index contributed by atoms with van der Waals surface area (Å²) in [4.78, 5) is 26.8. The van der Waals surface area contributed by atoms with Gasteiger partial charge in [0.1, 0.15) is 6.54 Å². The Balaban J connectivity index is 1.54. The highest BCUT2D eigenvalue weighted by atomic mass is 32.2. The maximum atomic E-state index is 13.2. The quantitative estimate of drug-likeness (QED) is 0.773. The van der Waals surface area contributed by atoms with Crippen LogP contribution in [0.15, 0.2) is 23.1 Å². The minimum Gasteiger partial charge on any atom is -0.352 e. The van der Waals surface area contributed by atoms with E-state index in [1.807, 2.05) is 6.92 Å². The van der Waals surface area contributed by atoms with Crippen molar-refractivity contribution >= 4 is 27.5 Å². The molecule has 1 aromatic carbocycles. The molecule has 0 spiro atoms. The van der Waals surface area contributed by atoms with Crippen molar-refractivity contribution in [3.8, 4) is 0 Å². The van der Waals surface area contributed by atoms with Gasteiger partial charge in [0.15, 0.2) is 0 Å². The highest BCUT2D eigenvalue weighted by molar-refractivity contribution is 7.89. The Morgan fingerprint density at radius 3 is 2.57 bits per heavy atom. The lowest BCUT2D eigenvalue weighted by atomic mass is 10.0. The average molecular weight is 434 g/mol. The van der Waals surface area contributed by atoms with Gasteiger partial charge in [0, 0.05) is 30.7 Å². The van der Waals surface area contributed by atoms with Crippen LogP contribution in [0.2, 0.25) is 0 Å². The number of benzene rings is 1. The number of hydrogen-bond acceptors (Lipinski definition) is 4. The first-order valence-electron chi connectivity index (χ1n) is 11.1. The highest BCUT2D eigenvalue weighted by Crippen LogP contribution is 2.32. The fraction of sp³-hybridized carbons (Fsp3) is 0.636. The standard InChI is InChI=1S/C22H31N3O4S/c1-16-6-4-5-13-25(16)30(28,29)19-10-11-20-17(14-19)9-12-22(27)24(20)15-21(26)23-18-7-2-3-8-18/h10-11,14,16,18H,2-9,12-13,15H2,1H3,(H,23,26)/t16-/m0/s1. The summed E-state index contributed by atoms with van der Waals surface area (Å²) in [6.45, 7) is 2.49. The number of rotatable bonds is 5. The summed E-state index contributed by atoms with van der Waals surface area (Å²) in [5.41, 5.74) is 1.47. The zero-order valence-electron chi connectivity index (χ0n) is 17.6. The molecule has 7 nitrogen and oxygen atoms in total. The Hall–Kier alpha value is -1.93. The molecule has 1 N–H and O–H groups in total. The second-order valence-corrected chi connectivity index (χ2v) is 10.7. The summed E-state index contributed by atoms with van der Waals surface area (Å²) in [6, 6.07) is 5.17. The molecule has 0 unspecified atom stereocenters. The van der Waals surface area contributed by atoms with Crippen molar-refractivity contribution in [3.05, 3.63) is 23.8 Å². The van der Waals surface area contributed by atoms with Crippen LogP contribution in [0.25, 0.3) is 0 Å². The molecule has 2 aliphatic heterocycles. The molecule has 1 saturated heterocycles. The van der Waals surface area contributed by atoms with E-state index in [0.29, 0.717) is 18.7 Å². The molecule has 2 fully saturated rings. The molecule has 1 saturated carbocycles. The van der Waals surface area contributed by atoms with Gasteiger partial charge in [0.05, 0.1) is 4.90 Å². The molecular formula is C22H31N3O4S. The number of nitrogens with zero attached hydrogens (tertiary/aromatic N) is 2. The lowest BCUT2D eigenvalue weighted by Crippen LogP contribution is -2.45. The van der Waals surface area contributed by atoms with E-state index in [2.05, 4.69) is 5.32 Å². The third-order valence-corrected chi connectivity index (χ3v) is 8.63. The molecule has 30 heavy (non-hydrogen) atoms. The van der Waals surface area contributed by atoms with Crippen LogP contribution in [0.4, 0.5) is 5.69 Å². The summed E-state index contributed by atoms with van der Waals surface area (Å²) in [6.07, 6.45) is 7.83. The molecular weight excluding hydrogens is 402 g/mol. The van der Waals surface area contributed by atoms with Crippen molar-refractivity contribution in [1.82, 2.24) is 9.62 Å². The summed E-state index contributed by atoms with van der Waals surface area (Å²) in [5, 5.41) is 3.03. The first kappa shape index (κ1) is 21.3. The third kappa shape index (κ3) is 4.25. The van der Waals surface area contributed by atoms with Crippen LogP contribution in [-0.4, -0.2) is 49.7 Å². The van der Waals surface area contributed by atoms with E-state index >= 15 is 0 Å². The fourth-order valence-electron chi connectivity index (χ4n) is 4.92. The molecule has 1 aromatic rings. The molecule has 1 aliphatic carbocycles. The molecule has 164 valence electrons. The van der Waals surface area contributed by atoms with E-state index < -0.39 is 10.0 Å². The fourth-order valence-corrected chi connectivity index (χ4v) is 6.67. The molecule has 0 radical (unpaired) electrons. The van der Waals surface area contributed by atoms with Crippen LogP contribution in [-0.2, 0) is 26.0 Å². The SMILES string of the molecule is C[C@H]1CCCCN1S(=O)(=O)c1ccc2c(c1)CCC(=O)N2CC(=O)NC1CCCC1. The van der Waals surface area contributed by atoms with Crippen molar-refractivity contribution in [1.29, 1.82) is 0 Å². The number of nitrogens with one attached hydrogen (secondary N) is 1. The number of amides is 2. The Bertz CT molecular complexity index is 924. The largest absolute Gasteiger partial charge is 0.352 e. The number of anilines is 1. The molecule has 2 amide bonds. The second kappa shape index (κ2) is 8.67. The van der Waals surface area contributed by atoms with Crippen molar-refractivity contribution in [2.45, 2.75) is 81.7 Å². The van der Waals surface area contributed by atoms with Gasteiger partial charge in [-0.2, -0.15) is 4.31 Å². The van der Waals surface area contributed by atoms with Crippen molar-refractivity contribution in [2.24, 2.45) is 0 Å². The van der Waals surface area contributed by atoms with Gasteiger partial charge in [-0.25, -0.2) is 8.42 Å². The summed E-state index contributed by atoms with van der Waals surface area (Å²) in [5.74, 6) is -0.244. The van der Waals surface area contributed by atoms with Gasteiger partial charge < -0.3 is 10.2 Å². The first-order valence-corrected chi connectivity index (χ1v) is 12.5. The molecule has 0 aromatic heterocycles. The Labute approximate surface area is 178 Å². The smallest absolute Gasteiger partial charge is 0.243 e. The van der Waals surface area contributed by atoms with E-state index in [0.717, 1.165) is 50.5 Å². The minimum atomic E-state index is -3.56. The number of carbonyl (C=O) groups is 2. The summed E-state index contributed by atoms with van der Waals surface area (Å²) in [7, 11) is -3.56. The van der Waals surface area contributed by atoms with Crippen molar-refractivity contribution < 1.29 is 18.0 Å². The maximum Gasteiger partial charge on any atom is 0.243 e. The van der Waals surface area contributed by atoms with Crippen LogP contribution in [0, 0.1) is 0 Å². The summed E-state index contributed by atoms with van der Waals surface area (Å²) < 4.78 is 28.0. The van der Waals surface area contributed by atoms with E-state index in [1.165, 1.54) is 4.90 Å². The molecule has 3 aliphatic rings. The lowest BCUT2D eigenvalue weighted by Gasteiger charge is -2.33. The van der Waals surface area contributed by atoms with E-state index in [4.69, 9.17) is 0 Å². The minimum absolute atomic E-state index is 0.00265. The zero-order valence-corrected chi connectivity index (χ0v) is 18.4. The highest BCUT2D eigenvalue weighted by Gasteiger charge is 2.33. The first-order chi connectivity index (χ1) is 14.4. The molecule has 2 heterocycles. The van der Waals surface area contributed by atoms with Gasteiger partial charge >= 0.3 is 0 Å². The van der Waals surface area contributed by atoms with Crippen LogP contribution < -0.4 is 10.2 Å². The molecule has 0 bridgehead atoms. The van der Waals surface area contributed by atoms with Crippen LogP contribution in [0.1, 0.15) is 63.9 Å². The number of piperidine rings is 1. The molecule has 8 heteroatoms. The van der Waals surface area contributed by atoms with E-state index in [-0.39, 0.29) is 41.8 Å². The number of sulfonamides is 1. The third-order valence-electron chi connectivity index (χ3n) is 6.62. The van der Waals surface area contributed by atoms with E-state index in [9.17, 15) is 18.0 Å². The topological polar surface area (TPSA) is 86.8 Å². The Kier molecular flexibility index (Phi) is 6.16. The van der Waals surface area contributed by atoms with Crippen molar-refractivity contribution in [3.63, 3.8) is 0 Å². The monoisotopic (exact) mass is 433 g/mol. The predicted molar refractivity (Wildman–Crippen MR) is 115 cm³/mol. The van der Waals surface area contributed by atoms with Gasteiger partial charge in [-0.3, -0.25) is 9.59 Å². The Morgan fingerprint density at radius 2 is 1.83 bits per heavy atom. The Morgan fingerprint density at radius 1 is 1.10 bits per heavy atom. The van der Waals surface area contributed by atoms with Gasteiger partial charge in [-0.05, 0) is 62.8 Å². The van der Waals surface area contributed by atoms with E-state index in [1.54, 1.807) is 22.5 Å². The van der Waals surface area contributed by atoms with Crippen LogP contribution >= 0.6 is 0 Å². The number of hydrogen-bond donors (Lipinski definition) is 1.